The zero-order chi connectivity index (χ0) is 13.1. The van der Waals surface area contributed by atoms with Crippen molar-refractivity contribution in [2.45, 2.75) is 32.6 Å². The number of amides is 1. The predicted molar refractivity (Wildman–Crippen MR) is 65.9 cm³/mol. The van der Waals surface area contributed by atoms with Crippen molar-refractivity contribution in [3.8, 4) is 0 Å². The summed E-state index contributed by atoms with van der Waals surface area (Å²) in [5.41, 5.74) is 5.42. The van der Waals surface area contributed by atoms with Gasteiger partial charge in [-0.25, -0.2) is 0 Å². The van der Waals surface area contributed by atoms with Gasteiger partial charge in [0.1, 0.15) is 0 Å². The van der Waals surface area contributed by atoms with Crippen LogP contribution in [0.1, 0.15) is 32.6 Å². The Balaban J connectivity index is 3.77. The summed E-state index contributed by atoms with van der Waals surface area (Å²) in [6.45, 7) is 3.17. The van der Waals surface area contributed by atoms with E-state index >= 15 is 0 Å². The van der Waals surface area contributed by atoms with Gasteiger partial charge < -0.3 is 21.0 Å². The summed E-state index contributed by atoms with van der Waals surface area (Å²) < 4.78 is 4.92. The molecule has 0 aliphatic heterocycles. The molecule has 0 aromatic heterocycles. The molecule has 0 aromatic carbocycles. The first-order valence-electron chi connectivity index (χ1n) is 5.91. The van der Waals surface area contributed by atoms with Gasteiger partial charge in [-0.1, -0.05) is 12.1 Å². The van der Waals surface area contributed by atoms with E-state index in [1.165, 1.54) is 0 Å². The van der Waals surface area contributed by atoms with Crippen LogP contribution in [0, 0.1) is 5.92 Å². The van der Waals surface area contributed by atoms with E-state index in [-0.39, 0.29) is 11.7 Å². The van der Waals surface area contributed by atoms with Crippen LogP contribution in [0.25, 0.3) is 0 Å². The van der Waals surface area contributed by atoms with Crippen molar-refractivity contribution in [3.63, 3.8) is 0 Å². The molecule has 0 saturated carbocycles. The molecule has 17 heavy (non-hydrogen) atoms. The lowest BCUT2D eigenvalue weighted by Gasteiger charge is -2.13. The smallest absolute Gasteiger partial charge is 0.230 e. The predicted octanol–water partition coefficient (Wildman–Crippen LogP) is 0.692. The molecule has 100 valence electrons. The van der Waals surface area contributed by atoms with Crippen LogP contribution in [-0.4, -0.2) is 37.2 Å². The van der Waals surface area contributed by atoms with Gasteiger partial charge in [0, 0.05) is 20.3 Å². The number of hydrogen-bond donors (Lipinski definition) is 3. The van der Waals surface area contributed by atoms with Crippen LogP contribution in [0.3, 0.4) is 0 Å². The topological polar surface area (TPSA) is 96.9 Å². The van der Waals surface area contributed by atoms with Crippen molar-refractivity contribution in [2.75, 3.05) is 20.3 Å². The minimum absolute atomic E-state index is 0.0376. The Morgan fingerprint density at radius 3 is 2.71 bits per heavy atom. The Labute approximate surface area is 102 Å². The van der Waals surface area contributed by atoms with E-state index < -0.39 is 5.92 Å². The van der Waals surface area contributed by atoms with Crippen LogP contribution < -0.4 is 11.1 Å². The molecule has 0 aromatic rings. The second-order valence-electron chi connectivity index (χ2n) is 3.83. The molecule has 1 unspecified atom stereocenters. The number of nitrogens with two attached hydrogens (primary N) is 1. The fourth-order valence-corrected chi connectivity index (χ4v) is 1.48. The fraction of sp³-hybridized carbons (Fsp3) is 0.818. The van der Waals surface area contributed by atoms with Crippen molar-refractivity contribution in [2.24, 2.45) is 16.8 Å². The van der Waals surface area contributed by atoms with Gasteiger partial charge in [-0.3, -0.25) is 4.79 Å². The van der Waals surface area contributed by atoms with Crippen molar-refractivity contribution < 1.29 is 14.7 Å². The van der Waals surface area contributed by atoms with Crippen LogP contribution in [-0.2, 0) is 9.53 Å². The van der Waals surface area contributed by atoms with Crippen LogP contribution >= 0.6 is 0 Å². The first kappa shape index (κ1) is 15.7. The van der Waals surface area contributed by atoms with E-state index in [0.717, 1.165) is 25.9 Å². The van der Waals surface area contributed by atoms with Crippen LogP contribution in [0.5, 0.6) is 0 Å². The molecule has 0 bridgehead atoms. The second-order valence-corrected chi connectivity index (χ2v) is 3.83. The minimum Gasteiger partial charge on any atom is -0.409 e. The third-order valence-electron chi connectivity index (χ3n) is 2.52. The second kappa shape index (κ2) is 9.89. The molecule has 6 nitrogen and oxygen atoms in total. The molecule has 6 heteroatoms. The van der Waals surface area contributed by atoms with Crippen molar-refractivity contribution in [3.05, 3.63) is 0 Å². The van der Waals surface area contributed by atoms with Gasteiger partial charge in [0.15, 0.2) is 5.84 Å². The SMILES string of the molecule is CCC(C(=O)NCCCCCOC)C(N)=NO. The molecule has 0 spiro atoms. The molecule has 0 rings (SSSR count). The molecule has 4 N–H and O–H groups in total. The number of methoxy groups -OCH3 is 1. The number of carbonyl (C=O) groups excluding carboxylic acids is 1. The number of nitrogens with zero attached hydrogens (tertiary/aromatic N) is 1. The largest absolute Gasteiger partial charge is 0.409 e. The molecule has 1 amide bonds. The number of unbranched alkanes of at least 4 members (excludes halogenated alkanes) is 2. The highest BCUT2D eigenvalue weighted by Gasteiger charge is 2.20. The van der Waals surface area contributed by atoms with Crippen molar-refractivity contribution in [1.82, 2.24) is 5.32 Å². The van der Waals surface area contributed by atoms with E-state index in [9.17, 15) is 4.79 Å². The number of ether oxygens (including phenoxy) is 1. The van der Waals surface area contributed by atoms with E-state index in [4.69, 9.17) is 15.7 Å². The van der Waals surface area contributed by atoms with Crippen LogP contribution in [0.2, 0.25) is 0 Å². The lowest BCUT2D eigenvalue weighted by atomic mass is 10.0. The zero-order valence-corrected chi connectivity index (χ0v) is 10.6. The van der Waals surface area contributed by atoms with Crippen LogP contribution in [0.4, 0.5) is 0 Å². The van der Waals surface area contributed by atoms with Gasteiger partial charge >= 0.3 is 0 Å². The zero-order valence-electron chi connectivity index (χ0n) is 10.6. The standard InChI is InChI=1S/C11H23N3O3/c1-3-9(10(12)14-16)11(15)13-7-5-4-6-8-17-2/h9,16H,3-8H2,1-2H3,(H2,12,14)(H,13,15). The Kier molecular flexibility index (Phi) is 9.14. The Morgan fingerprint density at radius 2 is 2.18 bits per heavy atom. The molecule has 0 saturated heterocycles. The van der Waals surface area contributed by atoms with E-state index in [1.54, 1.807) is 7.11 Å². The molecule has 1 atom stereocenters. The lowest BCUT2D eigenvalue weighted by molar-refractivity contribution is -0.123. The summed E-state index contributed by atoms with van der Waals surface area (Å²) in [7, 11) is 1.67. The van der Waals surface area contributed by atoms with E-state index in [2.05, 4.69) is 10.5 Å². The molecule has 0 heterocycles. The molecule has 0 radical (unpaired) electrons. The summed E-state index contributed by atoms with van der Waals surface area (Å²) in [5.74, 6) is -0.766. The summed E-state index contributed by atoms with van der Waals surface area (Å²) >= 11 is 0. The average Bonchev–Trinajstić information content (AvgIpc) is 2.34. The highest BCUT2D eigenvalue weighted by molar-refractivity contribution is 6.01. The number of rotatable bonds is 9. The molecule has 0 fully saturated rings. The maximum Gasteiger partial charge on any atom is 0.230 e. The van der Waals surface area contributed by atoms with Gasteiger partial charge in [0.05, 0.1) is 5.92 Å². The van der Waals surface area contributed by atoms with Gasteiger partial charge in [0.25, 0.3) is 0 Å². The van der Waals surface area contributed by atoms with Gasteiger partial charge in [0.2, 0.25) is 5.91 Å². The molecular weight excluding hydrogens is 222 g/mol. The average molecular weight is 245 g/mol. The summed E-state index contributed by atoms with van der Waals surface area (Å²) in [6.07, 6.45) is 3.42. The maximum absolute atomic E-state index is 11.7. The molecule has 0 aliphatic carbocycles. The molecule has 0 aliphatic rings. The van der Waals surface area contributed by atoms with Gasteiger partial charge in [-0.15, -0.1) is 0 Å². The normalized spacial score (nSPS) is 13.4. The van der Waals surface area contributed by atoms with Crippen LogP contribution in [0.15, 0.2) is 5.16 Å². The number of oxime groups is 1. The third-order valence-corrected chi connectivity index (χ3v) is 2.52. The van der Waals surface area contributed by atoms with E-state index in [1.807, 2.05) is 6.92 Å². The maximum atomic E-state index is 11.7. The minimum atomic E-state index is -0.543. The third kappa shape index (κ3) is 6.78. The monoisotopic (exact) mass is 245 g/mol. The van der Waals surface area contributed by atoms with Gasteiger partial charge in [-0.05, 0) is 25.7 Å². The summed E-state index contributed by atoms with van der Waals surface area (Å²) in [4.78, 5) is 11.7. The first-order chi connectivity index (χ1) is 8.17. The van der Waals surface area contributed by atoms with E-state index in [0.29, 0.717) is 13.0 Å². The van der Waals surface area contributed by atoms with Crippen molar-refractivity contribution in [1.29, 1.82) is 0 Å². The van der Waals surface area contributed by atoms with Crippen molar-refractivity contribution >= 4 is 11.7 Å². The number of nitrogens with one attached hydrogen (secondary N) is 1. The lowest BCUT2D eigenvalue weighted by Crippen LogP contribution is -2.39. The number of amidine groups is 1. The fourth-order valence-electron chi connectivity index (χ4n) is 1.48. The highest BCUT2D eigenvalue weighted by atomic mass is 16.5. The van der Waals surface area contributed by atoms with Gasteiger partial charge in [-0.2, -0.15) is 0 Å². The Hall–Kier alpha value is -1.30. The summed E-state index contributed by atoms with van der Waals surface area (Å²) in [5, 5.41) is 14.2. The number of carbonyl (C=O) groups is 1. The highest BCUT2D eigenvalue weighted by Crippen LogP contribution is 2.03. The first-order valence-corrected chi connectivity index (χ1v) is 5.91. The Morgan fingerprint density at radius 1 is 1.47 bits per heavy atom. The summed E-state index contributed by atoms with van der Waals surface area (Å²) in [6, 6.07) is 0. The Bertz CT molecular complexity index is 244. The number of hydrogen-bond acceptors (Lipinski definition) is 4. The quantitative estimate of drug-likeness (QED) is 0.183. The molecular formula is C11H23N3O3.